The van der Waals surface area contributed by atoms with Crippen molar-refractivity contribution in [1.29, 1.82) is 0 Å². The quantitative estimate of drug-likeness (QED) is 0.588. The third kappa shape index (κ3) is 6.45. The van der Waals surface area contributed by atoms with Crippen LogP contribution in [0.15, 0.2) is 53.4 Å². The first-order valence-corrected chi connectivity index (χ1v) is 12.4. The summed E-state index contributed by atoms with van der Waals surface area (Å²) in [7, 11) is -2.49. The van der Waals surface area contributed by atoms with Gasteiger partial charge >= 0.3 is 0 Å². The number of halogens is 1. The largest absolute Gasteiger partial charge is 0.495 e. The molecule has 0 aliphatic heterocycles. The number of nitrogens with zero attached hydrogens (tertiary/aromatic N) is 1. The molecule has 0 aromatic heterocycles. The number of rotatable bonds is 8. The monoisotopic (exact) mass is 464 g/mol. The van der Waals surface area contributed by atoms with Gasteiger partial charge in [-0.05, 0) is 36.6 Å². The van der Waals surface area contributed by atoms with Crippen LogP contribution < -0.4 is 10.1 Å². The van der Waals surface area contributed by atoms with Crippen LogP contribution in [-0.2, 0) is 21.4 Å². The lowest BCUT2D eigenvalue weighted by molar-refractivity contribution is -0.122. The van der Waals surface area contributed by atoms with Crippen molar-refractivity contribution < 1.29 is 17.9 Å². The second-order valence-corrected chi connectivity index (χ2v) is 10.2. The van der Waals surface area contributed by atoms with Crippen LogP contribution in [0.25, 0.3) is 0 Å². The Morgan fingerprint density at radius 1 is 1.10 bits per heavy atom. The molecule has 1 aliphatic rings. The van der Waals surface area contributed by atoms with E-state index in [1.807, 2.05) is 30.3 Å². The van der Waals surface area contributed by atoms with Gasteiger partial charge in [0.05, 0.1) is 23.6 Å². The van der Waals surface area contributed by atoms with Gasteiger partial charge in [0, 0.05) is 12.6 Å². The summed E-state index contributed by atoms with van der Waals surface area (Å²) in [5.74, 6) is 0.104. The van der Waals surface area contributed by atoms with Gasteiger partial charge < -0.3 is 10.1 Å². The number of hydrogen-bond acceptors (Lipinski definition) is 4. The summed E-state index contributed by atoms with van der Waals surface area (Å²) in [5, 5.41) is 3.24. The number of amides is 1. The zero-order chi connectivity index (χ0) is 22.3. The Balaban J connectivity index is 1.83. The van der Waals surface area contributed by atoms with E-state index in [4.69, 9.17) is 16.3 Å². The summed E-state index contributed by atoms with van der Waals surface area (Å²) in [6.45, 7) is -0.164. The smallest absolute Gasteiger partial charge is 0.243 e. The first-order chi connectivity index (χ1) is 14.9. The summed E-state index contributed by atoms with van der Waals surface area (Å²) in [5.41, 5.74) is 0.799. The van der Waals surface area contributed by atoms with Crippen molar-refractivity contribution in [1.82, 2.24) is 9.62 Å². The van der Waals surface area contributed by atoms with E-state index in [1.165, 1.54) is 42.5 Å². The first kappa shape index (κ1) is 23.6. The number of benzene rings is 2. The molecule has 0 bridgehead atoms. The predicted molar refractivity (Wildman–Crippen MR) is 122 cm³/mol. The molecule has 0 heterocycles. The molecule has 31 heavy (non-hydrogen) atoms. The maximum Gasteiger partial charge on any atom is 0.243 e. The van der Waals surface area contributed by atoms with E-state index in [-0.39, 0.29) is 35.0 Å². The van der Waals surface area contributed by atoms with Crippen molar-refractivity contribution in [2.24, 2.45) is 0 Å². The van der Waals surface area contributed by atoms with Crippen LogP contribution in [0.3, 0.4) is 0 Å². The molecule has 0 radical (unpaired) electrons. The SMILES string of the molecule is COc1ccc(S(=O)(=O)N(CC(=O)NC2CCCCCC2)Cc2ccccc2)cc1Cl. The van der Waals surface area contributed by atoms with E-state index in [2.05, 4.69) is 5.32 Å². The topological polar surface area (TPSA) is 75.7 Å². The van der Waals surface area contributed by atoms with Gasteiger partial charge in [-0.15, -0.1) is 0 Å². The molecule has 168 valence electrons. The maximum atomic E-state index is 13.4. The molecular weight excluding hydrogens is 436 g/mol. The highest BCUT2D eigenvalue weighted by atomic mass is 35.5. The Morgan fingerprint density at radius 3 is 2.39 bits per heavy atom. The van der Waals surface area contributed by atoms with Gasteiger partial charge in [0.25, 0.3) is 0 Å². The highest BCUT2D eigenvalue weighted by Crippen LogP contribution is 2.29. The molecular formula is C23H29ClN2O4S. The second kappa shape index (κ2) is 11.0. The summed E-state index contributed by atoms with van der Waals surface area (Å²) in [6, 6.07) is 13.7. The normalized spacial score (nSPS) is 15.5. The number of sulfonamides is 1. The average molecular weight is 465 g/mol. The van der Waals surface area contributed by atoms with Crippen molar-refractivity contribution in [2.75, 3.05) is 13.7 Å². The van der Waals surface area contributed by atoms with Gasteiger partial charge in [-0.3, -0.25) is 4.79 Å². The number of methoxy groups -OCH3 is 1. The average Bonchev–Trinajstić information content (AvgIpc) is 3.02. The molecule has 1 saturated carbocycles. The minimum absolute atomic E-state index is 0.0245. The lowest BCUT2D eigenvalue weighted by Crippen LogP contribution is -2.43. The van der Waals surface area contributed by atoms with Gasteiger partial charge in [0.2, 0.25) is 15.9 Å². The van der Waals surface area contributed by atoms with Gasteiger partial charge in [-0.2, -0.15) is 4.31 Å². The zero-order valence-corrected chi connectivity index (χ0v) is 19.3. The van der Waals surface area contributed by atoms with Crippen LogP contribution >= 0.6 is 11.6 Å². The first-order valence-electron chi connectivity index (χ1n) is 10.6. The van der Waals surface area contributed by atoms with Gasteiger partial charge in [-0.1, -0.05) is 67.6 Å². The van der Waals surface area contributed by atoms with E-state index in [0.29, 0.717) is 5.75 Å². The fraction of sp³-hybridized carbons (Fsp3) is 0.435. The second-order valence-electron chi connectivity index (χ2n) is 7.81. The Kier molecular flexibility index (Phi) is 8.35. The fourth-order valence-corrected chi connectivity index (χ4v) is 5.56. The third-order valence-electron chi connectivity index (χ3n) is 5.50. The zero-order valence-electron chi connectivity index (χ0n) is 17.7. The molecule has 0 spiro atoms. The Morgan fingerprint density at radius 2 is 1.77 bits per heavy atom. The Bertz CT molecular complexity index is 974. The van der Waals surface area contributed by atoms with Gasteiger partial charge in [-0.25, -0.2) is 8.42 Å². The van der Waals surface area contributed by atoms with E-state index in [9.17, 15) is 13.2 Å². The summed E-state index contributed by atoms with van der Waals surface area (Å²) in [4.78, 5) is 12.8. The molecule has 1 amide bonds. The van der Waals surface area contributed by atoms with Crippen molar-refractivity contribution in [2.45, 2.75) is 56.0 Å². The van der Waals surface area contributed by atoms with Crippen molar-refractivity contribution >= 4 is 27.5 Å². The van der Waals surface area contributed by atoms with Crippen LogP contribution in [0, 0.1) is 0 Å². The number of carbonyl (C=O) groups is 1. The molecule has 6 nitrogen and oxygen atoms in total. The highest BCUT2D eigenvalue weighted by molar-refractivity contribution is 7.89. The van der Waals surface area contributed by atoms with Crippen LogP contribution in [0.2, 0.25) is 5.02 Å². The molecule has 1 N–H and O–H groups in total. The summed E-state index contributed by atoms with van der Waals surface area (Å²) < 4.78 is 33.2. The summed E-state index contributed by atoms with van der Waals surface area (Å²) >= 11 is 6.16. The lowest BCUT2D eigenvalue weighted by Gasteiger charge is -2.24. The van der Waals surface area contributed by atoms with Crippen LogP contribution in [0.4, 0.5) is 0 Å². The molecule has 2 aromatic carbocycles. The highest BCUT2D eigenvalue weighted by Gasteiger charge is 2.28. The number of carbonyl (C=O) groups excluding carboxylic acids is 1. The molecule has 0 atom stereocenters. The number of hydrogen-bond donors (Lipinski definition) is 1. The fourth-order valence-electron chi connectivity index (χ4n) is 3.83. The van der Waals surface area contributed by atoms with Crippen molar-refractivity contribution in [3.8, 4) is 5.75 Å². The van der Waals surface area contributed by atoms with E-state index in [0.717, 1.165) is 31.2 Å². The van der Waals surface area contributed by atoms with Crippen LogP contribution in [0.1, 0.15) is 44.1 Å². The molecule has 0 unspecified atom stereocenters. The molecule has 2 aromatic rings. The standard InChI is InChI=1S/C23H29ClN2O4S/c1-30-22-14-13-20(15-21(22)24)31(28,29)26(16-18-9-5-4-6-10-18)17-23(27)25-19-11-7-2-3-8-12-19/h4-6,9-10,13-15,19H,2-3,7-8,11-12,16-17H2,1H3,(H,25,27). The molecule has 3 rings (SSSR count). The van der Waals surface area contributed by atoms with Crippen LogP contribution in [-0.4, -0.2) is 38.3 Å². The minimum atomic E-state index is -3.96. The van der Waals surface area contributed by atoms with Crippen molar-refractivity contribution in [3.63, 3.8) is 0 Å². The Hall–Kier alpha value is -2.09. The van der Waals surface area contributed by atoms with E-state index in [1.54, 1.807) is 0 Å². The lowest BCUT2D eigenvalue weighted by atomic mass is 10.1. The third-order valence-corrected chi connectivity index (χ3v) is 7.59. The molecule has 1 aliphatic carbocycles. The van der Waals surface area contributed by atoms with E-state index < -0.39 is 10.0 Å². The minimum Gasteiger partial charge on any atom is -0.495 e. The molecule has 1 fully saturated rings. The van der Waals surface area contributed by atoms with Crippen LogP contribution in [0.5, 0.6) is 5.75 Å². The van der Waals surface area contributed by atoms with Gasteiger partial charge in [0.1, 0.15) is 5.75 Å². The maximum absolute atomic E-state index is 13.4. The number of nitrogens with one attached hydrogen (secondary N) is 1. The molecule has 0 saturated heterocycles. The Labute approximate surface area is 189 Å². The van der Waals surface area contributed by atoms with E-state index >= 15 is 0 Å². The molecule has 8 heteroatoms. The summed E-state index contributed by atoms with van der Waals surface area (Å²) in [6.07, 6.45) is 6.40. The number of ether oxygens (including phenoxy) is 1. The predicted octanol–water partition coefficient (Wildman–Crippen LogP) is 4.38. The van der Waals surface area contributed by atoms with Crippen molar-refractivity contribution in [3.05, 3.63) is 59.1 Å². The van der Waals surface area contributed by atoms with Gasteiger partial charge in [0.15, 0.2) is 0 Å².